The minimum Gasteiger partial charge on any atom is -0.422 e. The second kappa shape index (κ2) is 7.45. The Labute approximate surface area is 172 Å². The van der Waals surface area contributed by atoms with E-state index in [1.54, 1.807) is 18.2 Å². The maximum absolute atomic E-state index is 12.1. The monoisotopic (exact) mass is 563 g/mol. The number of esters is 1. The molecule has 3 nitrogen and oxygen atoms in total. The van der Waals surface area contributed by atoms with Crippen LogP contribution in [0.25, 0.3) is 11.8 Å². The number of halogens is 3. The Morgan fingerprint density at radius 3 is 2.33 bits per heavy atom. The van der Waals surface area contributed by atoms with Gasteiger partial charge in [-0.2, -0.15) is 0 Å². The van der Waals surface area contributed by atoms with E-state index in [4.69, 9.17) is 16.3 Å². The zero-order chi connectivity index (χ0) is 17.3. The van der Waals surface area contributed by atoms with E-state index in [-0.39, 0.29) is 5.97 Å². The van der Waals surface area contributed by atoms with Crippen molar-refractivity contribution < 1.29 is 9.53 Å². The molecule has 1 heterocycles. The highest BCUT2D eigenvalue weighted by Crippen LogP contribution is 2.30. The number of rotatable bonds is 3. The van der Waals surface area contributed by atoms with E-state index in [1.165, 1.54) is 0 Å². The van der Waals surface area contributed by atoms with Gasteiger partial charge in [-0.05, 0) is 99.3 Å². The maximum atomic E-state index is 12.1. The first kappa shape index (κ1) is 17.8. The highest BCUT2D eigenvalue weighted by molar-refractivity contribution is 14.1. The van der Waals surface area contributed by atoms with Gasteiger partial charge in [-0.25, -0.2) is 4.79 Å². The minimum atomic E-state index is -0.345. The van der Waals surface area contributed by atoms with Gasteiger partial charge in [-0.15, -0.1) is 0 Å². The van der Waals surface area contributed by atoms with Crippen LogP contribution in [0.3, 0.4) is 0 Å². The van der Waals surface area contributed by atoms with E-state index in [2.05, 4.69) is 50.5 Å². The van der Waals surface area contributed by atoms with Gasteiger partial charge in [0.2, 0.25) is 0 Å². The third-order valence-electron chi connectivity index (χ3n) is 3.49. The molecular formula is C18H12ClI2NO2. The average Bonchev–Trinajstić information content (AvgIpc) is 2.89. The first-order chi connectivity index (χ1) is 11.5. The number of carbonyl (C=O) groups excluding carboxylic acids is 1. The molecule has 1 aliphatic heterocycles. The van der Waals surface area contributed by atoms with Crippen molar-refractivity contribution in [1.82, 2.24) is 0 Å². The summed E-state index contributed by atoms with van der Waals surface area (Å²) in [6, 6.07) is 11.3. The molecule has 0 aromatic heterocycles. The molecule has 0 spiro atoms. The van der Waals surface area contributed by atoms with Crippen molar-refractivity contribution in [3.05, 3.63) is 71.3 Å². The van der Waals surface area contributed by atoms with Crippen molar-refractivity contribution in [3.63, 3.8) is 0 Å². The molecule has 6 heteroatoms. The number of ether oxygens (including phenoxy) is 1. The smallest absolute Gasteiger partial charge is 0.343 e. The van der Waals surface area contributed by atoms with E-state index in [0.717, 1.165) is 24.0 Å². The Hall–Kier alpha value is -1.06. The standard InChI is InChI=1S/C18H12ClI2NO2/c1-22-17-14(20)7-10(8-15(17)21)6-12-9-16(24-18(12)23)11-2-4-13(19)5-3-11/h2-9,22H,1H3/b12-6+. The highest BCUT2D eigenvalue weighted by atomic mass is 127. The fourth-order valence-corrected chi connectivity index (χ4v) is 4.82. The van der Waals surface area contributed by atoms with Gasteiger partial charge in [0.25, 0.3) is 0 Å². The van der Waals surface area contributed by atoms with Gasteiger partial charge in [0, 0.05) is 24.8 Å². The number of benzene rings is 2. The zero-order valence-electron chi connectivity index (χ0n) is 12.6. The van der Waals surface area contributed by atoms with Crippen molar-refractivity contribution in [3.8, 4) is 0 Å². The lowest BCUT2D eigenvalue weighted by Gasteiger charge is -2.08. The molecule has 2 aromatic carbocycles. The van der Waals surface area contributed by atoms with Gasteiger partial charge < -0.3 is 10.1 Å². The van der Waals surface area contributed by atoms with E-state index >= 15 is 0 Å². The van der Waals surface area contributed by atoms with E-state index in [9.17, 15) is 4.79 Å². The SMILES string of the molecule is CNc1c(I)cc(/C=C2\C=C(c3ccc(Cl)cc3)OC2=O)cc1I. The number of hydrogen-bond acceptors (Lipinski definition) is 3. The Bertz CT molecular complexity index is 850. The zero-order valence-corrected chi connectivity index (χ0v) is 17.6. The quantitative estimate of drug-likeness (QED) is 0.302. The van der Waals surface area contributed by atoms with Crippen LogP contribution in [-0.2, 0) is 9.53 Å². The summed E-state index contributed by atoms with van der Waals surface area (Å²) in [5.74, 6) is 0.196. The molecule has 122 valence electrons. The molecule has 0 saturated carbocycles. The second-order valence-corrected chi connectivity index (χ2v) is 7.88. The van der Waals surface area contributed by atoms with Crippen LogP contribution in [0.15, 0.2) is 48.0 Å². The molecule has 2 aromatic rings. The second-order valence-electron chi connectivity index (χ2n) is 5.11. The summed E-state index contributed by atoms with van der Waals surface area (Å²) in [5.41, 5.74) is 3.41. The molecule has 0 amide bonds. The molecule has 1 N–H and O–H groups in total. The van der Waals surface area contributed by atoms with Crippen LogP contribution >= 0.6 is 56.8 Å². The van der Waals surface area contributed by atoms with Crippen LogP contribution in [0.5, 0.6) is 0 Å². The summed E-state index contributed by atoms with van der Waals surface area (Å²) < 4.78 is 7.57. The predicted molar refractivity (Wildman–Crippen MR) is 115 cm³/mol. The van der Waals surface area contributed by atoms with E-state index in [0.29, 0.717) is 16.4 Å². The van der Waals surface area contributed by atoms with Gasteiger partial charge in [-0.3, -0.25) is 0 Å². The fourth-order valence-electron chi connectivity index (χ4n) is 2.34. The fraction of sp³-hybridized carbons (Fsp3) is 0.0556. The van der Waals surface area contributed by atoms with E-state index in [1.807, 2.05) is 37.4 Å². The molecule has 24 heavy (non-hydrogen) atoms. The molecule has 1 aliphatic rings. The van der Waals surface area contributed by atoms with Gasteiger partial charge in [-0.1, -0.05) is 11.6 Å². The van der Waals surface area contributed by atoms with Crippen molar-refractivity contribution >= 4 is 80.3 Å². The van der Waals surface area contributed by atoms with Crippen LogP contribution in [0.4, 0.5) is 5.69 Å². The van der Waals surface area contributed by atoms with E-state index < -0.39 is 0 Å². The maximum Gasteiger partial charge on any atom is 0.343 e. The molecule has 3 rings (SSSR count). The number of anilines is 1. The minimum absolute atomic E-state index is 0.345. The van der Waals surface area contributed by atoms with Gasteiger partial charge in [0.15, 0.2) is 0 Å². The lowest BCUT2D eigenvalue weighted by molar-refractivity contribution is -0.130. The number of hydrogen-bond donors (Lipinski definition) is 1. The Morgan fingerprint density at radius 1 is 1.12 bits per heavy atom. The Morgan fingerprint density at radius 2 is 1.75 bits per heavy atom. The number of carbonyl (C=O) groups is 1. The number of cyclic esters (lactones) is 1. The van der Waals surface area contributed by atoms with Crippen LogP contribution < -0.4 is 5.32 Å². The third-order valence-corrected chi connectivity index (χ3v) is 5.44. The average molecular weight is 564 g/mol. The van der Waals surface area contributed by atoms with Crippen LogP contribution in [-0.4, -0.2) is 13.0 Å². The summed E-state index contributed by atoms with van der Waals surface area (Å²) in [6.45, 7) is 0. The van der Waals surface area contributed by atoms with Crippen molar-refractivity contribution in [2.24, 2.45) is 0 Å². The first-order valence-electron chi connectivity index (χ1n) is 7.06. The number of nitrogens with one attached hydrogen (secondary N) is 1. The Kier molecular flexibility index (Phi) is 5.51. The Balaban J connectivity index is 1.95. The molecule has 0 bridgehead atoms. The van der Waals surface area contributed by atoms with Gasteiger partial charge in [0.05, 0.1) is 11.3 Å². The van der Waals surface area contributed by atoms with Gasteiger partial charge >= 0.3 is 5.97 Å². The topological polar surface area (TPSA) is 38.3 Å². The summed E-state index contributed by atoms with van der Waals surface area (Å²) in [7, 11) is 1.90. The van der Waals surface area contributed by atoms with Crippen LogP contribution in [0, 0.1) is 7.14 Å². The molecule has 0 aliphatic carbocycles. The summed E-state index contributed by atoms with van der Waals surface area (Å²) in [5, 5.41) is 3.82. The van der Waals surface area contributed by atoms with Crippen LogP contribution in [0.2, 0.25) is 5.02 Å². The molecule has 0 saturated heterocycles. The first-order valence-corrected chi connectivity index (χ1v) is 9.60. The van der Waals surface area contributed by atoms with Crippen molar-refractivity contribution in [2.45, 2.75) is 0 Å². The molecule has 0 fully saturated rings. The normalized spacial score (nSPS) is 15.4. The summed E-state index contributed by atoms with van der Waals surface area (Å²) in [4.78, 5) is 12.1. The molecule has 0 radical (unpaired) electrons. The van der Waals surface area contributed by atoms with Crippen molar-refractivity contribution in [1.29, 1.82) is 0 Å². The van der Waals surface area contributed by atoms with Crippen molar-refractivity contribution in [2.75, 3.05) is 12.4 Å². The largest absolute Gasteiger partial charge is 0.422 e. The lowest BCUT2D eigenvalue weighted by Crippen LogP contribution is -1.98. The lowest BCUT2D eigenvalue weighted by atomic mass is 10.1. The third kappa shape index (κ3) is 3.78. The predicted octanol–water partition coefficient (Wildman–Crippen LogP) is 5.57. The molecular weight excluding hydrogens is 551 g/mol. The summed E-state index contributed by atoms with van der Waals surface area (Å²) in [6.07, 6.45) is 3.60. The summed E-state index contributed by atoms with van der Waals surface area (Å²) >= 11 is 10.5. The highest BCUT2D eigenvalue weighted by Gasteiger charge is 2.22. The van der Waals surface area contributed by atoms with Crippen LogP contribution in [0.1, 0.15) is 11.1 Å². The molecule has 0 unspecified atom stereocenters. The van der Waals surface area contributed by atoms with Gasteiger partial charge in [0.1, 0.15) is 5.76 Å². The molecule has 0 atom stereocenters.